The van der Waals surface area contributed by atoms with E-state index >= 15 is 0 Å². The van der Waals surface area contributed by atoms with Gasteiger partial charge >= 0.3 is 6.18 Å². The molecule has 0 aliphatic carbocycles. The molecule has 0 unspecified atom stereocenters. The third kappa shape index (κ3) is 2.20. The van der Waals surface area contributed by atoms with Gasteiger partial charge in [-0.25, -0.2) is 4.98 Å². The number of rotatable bonds is 1. The topological polar surface area (TPSA) is 52.0 Å². The fraction of sp³-hybridized carbons (Fsp3) is 0.0714. The van der Waals surface area contributed by atoms with E-state index in [1.165, 1.54) is 6.07 Å². The summed E-state index contributed by atoms with van der Waals surface area (Å²) in [5.74, 6) is 0.242. The monoisotopic (exact) mass is 278 g/mol. The predicted octanol–water partition coefficient (Wildman–Crippen LogP) is 4.10. The van der Waals surface area contributed by atoms with Crippen LogP contribution in [-0.2, 0) is 6.18 Å². The third-order valence-corrected chi connectivity index (χ3v) is 2.85. The van der Waals surface area contributed by atoms with E-state index in [1.807, 2.05) is 0 Å². The van der Waals surface area contributed by atoms with Crippen molar-refractivity contribution in [2.24, 2.45) is 0 Å². The molecule has 1 aromatic heterocycles. The predicted molar refractivity (Wildman–Crippen MR) is 68.9 cm³/mol. The average molecular weight is 278 g/mol. The Labute approximate surface area is 111 Å². The fourth-order valence-corrected chi connectivity index (χ4v) is 1.90. The van der Waals surface area contributed by atoms with Gasteiger partial charge in [0.2, 0.25) is 5.89 Å². The maximum atomic E-state index is 12.6. The molecule has 0 atom stereocenters. The Hall–Kier alpha value is -2.50. The standard InChI is InChI=1S/C14H9F3N2O/c15-14(16,17)9-4-5-12-11(7-9)19-13(20-12)8-2-1-3-10(18)6-8/h1-7H,18H2. The van der Waals surface area contributed by atoms with Crippen molar-refractivity contribution in [2.75, 3.05) is 5.73 Å². The lowest BCUT2D eigenvalue weighted by Gasteiger charge is -2.04. The molecule has 0 radical (unpaired) electrons. The van der Waals surface area contributed by atoms with Crippen LogP contribution in [0, 0.1) is 0 Å². The molecule has 0 saturated heterocycles. The summed E-state index contributed by atoms with van der Waals surface area (Å²) in [5.41, 5.74) is 6.51. The summed E-state index contributed by atoms with van der Waals surface area (Å²) < 4.78 is 43.3. The number of oxazole rings is 1. The summed E-state index contributed by atoms with van der Waals surface area (Å²) in [4.78, 5) is 4.08. The molecule has 3 aromatic rings. The lowest BCUT2D eigenvalue weighted by Crippen LogP contribution is -2.03. The Morgan fingerprint density at radius 2 is 1.85 bits per heavy atom. The van der Waals surface area contributed by atoms with Crippen LogP contribution in [0.5, 0.6) is 0 Å². The van der Waals surface area contributed by atoms with Crippen molar-refractivity contribution >= 4 is 16.8 Å². The first-order valence-corrected chi connectivity index (χ1v) is 5.77. The van der Waals surface area contributed by atoms with E-state index in [9.17, 15) is 13.2 Å². The summed E-state index contributed by atoms with van der Waals surface area (Å²) in [7, 11) is 0. The molecule has 0 spiro atoms. The molecular weight excluding hydrogens is 269 g/mol. The zero-order valence-electron chi connectivity index (χ0n) is 10.1. The Bertz CT molecular complexity index is 777. The van der Waals surface area contributed by atoms with Crippen LogP contribution >= 0.6 is 0 Å². The normalized spacial score (nSPS) is 11.9. The zero-order chi connectivity index (χ0) is 14.3. The fourth-order valence-electron chi connectivity index (χ4n) is 1.90. The minimum absolute atomic E-state index is 0.164. The summed E-state index contributed by atoms with van der Waals surface area (Å²) >= 11 is 0. The number of hydrogen-bond donors (Lipinski definition) is 1. The minimum atomic E-state index is -4.40. The van der Waals surface area contributed by atoms with Crippen molar-refractivity contribution in [3.05, 3.63) is 48.0 Å². The number of nitrogen functional groups attached to an aromatic ring is 1. The van der Waals surface area contributed by atoms with E-state index in [0.717, 1.165) is 12.1 Å². The quantitative estimate of drug-likeness (QED) is 0.682. The summed E-state index contributed by atoms with van der Waals surface area (Å²) in [6, 6.07) is 10.0. The van der Waals surface area contributed by atoms with Crippen LogP contribution in [0.15, 0.2) is 46.9 Å². The molecule has 0 aliphatic rings. The van der Waals surface area contributed by atoms with Gasteiger partial charge in [-0.2, -0.15) is 13.2 Å². The number of nitrogens with two attached hydrogens (primary N) is 1. The second-order valence-corrected chi connectivity index (χ2v) is 4.32. The first-order chi connectivity index (χ1) is 9.43. The van der Waals surface area contributed by atoms with Gasteiger partial charge in [0.05, 0.1) is 5.56 Å². The van der Waals surface area contributed by atoms with Gasteiger partial charge in [0, 0.05) is 11.3 Å². The van der Waals surface area contributed by atoms with Crippen LogP contribution in [0.4, 0.5) is 18.9 Å². The molecule has 2 N–H and O–H groups in total. The second kappa shape index (κ2) is 4.26. The van der Waals surface area contributed by atoms with Crippen LogP contribution in [0.25, 0.3) is 22.6 Å². The van der Waals surface area contributed by atoms with Crippen molar-refractivity contribution in [3.63, 3.8) is 0 Å². The number of alkyl halides is 3. The number of benzene rings is 2. The van der Waals surface area contributed by atoms with Crippen LogP contribution in [0.1, 0.15) is 5.56 Å². The highest BCUT2D eigenvalue weighted by molar-refractivity contribution is 5.77. The van der Waals surface area contributed by atoms with Crippen molar-refractivity contribution in [3.8, 4) is 11.5 Å². The molecule has 0 saturated carbocycles. The number of halogens is 3. The maximum absolute atomic E-state index is 12.6. The molecule has 102 valence electrons. The maximum Gasteiger partial charge on any atom is 0.416 e. The molecule has 2 aromatic carbocycles. The van der Waals surface area contributed by atoms with Gasteiger partial charge < -0.3 is 10.2 Å². The number of hydrogen-bond acceptors (Lipinski definition) is 3. The molecule has 3 nitrogen and oxygen atoms in total. The average Bonchev–Trinajstić information content (AvgIpc) is 2.80. The number of fused-ring (bicyclic) bond motifs is 1. The molecule has 0 aliphatic heterocycles. The lowest BCUT2D eigenvalue weighted by molar-refractivity contribution is -0.137. The lowest BCUT2D eigenvalue weighted by atomic mass is 10.2. The van der Waals surface area contributed by atoms with Gasteiger partial charge in [-0.1, -0.05) is 6.07 Å². The highest BCUT2D eigenvalue weighted by atomic mass is 19.4. The van der Waals surface area contributed by atoms with Crippen LogP contribution in [-0.4, -0.2) is 4.98 Å². The SMILES string of the molecule is Nc1cccc(-c2nc3cc(C(F)(F)F)ccc3o2)c1. The molecule has 0 fully saturated rings. The molecule has 0 bridgehead atoms. The van der Waals surface area contributed by atoms with Gasteiger partial charge in [0.15, 0.2) is 5.58 Å². The Balaban J connectivity index is 2.11. The molecule has 0 amide bonds. The van der Waals surface area contributed by atoms with E-state index < -0.39 is 11.7 Å². The van der Waals surface area contributed by atoms with Crippen molar-refractivity contribution in [2.45, 2.75) is 6.18 Å². The van der Waals surface area contributed by atoms with Crippen LogP contribution < -0.4 is 5.73 Å². The van der Waals surface area contributed by atoms with E-state index in [-0.39, 0.29) is 11.4 Å². The Kier molecular flexibility index (Phi) is 2.67. The van der Waals surface area contributed by atoms with Gasteiger partial charge in [0.1, 0.15) is 5.52 Å². The van der Waals surface area contributed by atoms with Crippen LogP contribution in [0.2, 0.25) is 0 Å². The van der Waals surface area contributed by atoms with Crippen molar-refractivity contribution in [1.82, 2.24) is 4.98 Å². The number of nitrogens with zero attached hydrogens (tertiary/aromatic N) is 1. The van der Waals surface area contributed by atoms with Gasteiger partial charge in [-0.05, 0) is 36.4 Å². The molecule has 1 heterocycles. The third-order valence-electron chi connectivity index (χ3n) is 2.85. The molecular formula is C14H9F3N2O. The van der Waals surface area contributed by atoms with Crippen LogP contribution in [0.3, 0.4) is 0 Å². The minimum Gasteiger partial charge on any atom is -0.436 e. The number of anilines is 1. The highest BCUT2D eigenvalue weighted by Crippen LogP contribution is 2.32. The second-order valence-electron chi connectivity index (χ2n) is 4.32. The number of aromatic nitrogens is 1. The first kappa shape index (κ1) is 12.5. The summed E-state index contributed by atoms with van der Waals surface area (Å²) in [6.45, 7) is 0. The Morgan fingerprint density at radius 3 is 2.55 bits per heavy atom. The Morgan fingerprint density at radius 1 is 1.05 bits per heavy atom. The molecule has 20 heavy (non-hydrogen) atoms. The summed E-state index contributed by atoms with van der Waals surface area (Å²) in [6.07, 6.45) is -4.40. The van der Waals surface area contributed by atoms with Gasteiger partial charge in [-0.3, -0.25) is 0 Å². The smallest absolute Gasteiger partial charge is 0.416 e. The summed E-state index contributed by atoms with van der Waals surface area (Å²) in [5, 5.41) is 0. The van der Waals surface area contributed by atoms with Gasteiger partial charge in [0.25, 0.3) is 0 Å². The molecule has 3 rings (SSSR count). The van der Waals surface area contributed by atoms with E-state index in [2.05, 4.69) is 4.98 Å². The first-order valence-electron chi connectivity index (χ1n) is 5.77. The van der Waals surface area contributed by atoms with E-state index in [1.54, 1.807) is 24.3 Å². The largest absolute Gasteiger partial charge is 0.436 e. The van der Waals surface area contributed by atoms with Crippen molar-refractivity contribution < 1.29 is 17.6 Å². The van der Waals surface area contributed by atoms with E-state index in [4.69, 9.17) is 10.2 Å². The molecule has 6 heteroatoms. The van der Waals surface area contributed by atoms with Crippen molar-refractivity contribution in [1.29, 1.82) is 0 Å². The highest BCUT2D eigenvalue weighted by Gasteiger charge is 2.31. The zero-order valence-corrected chi connectivity index (χ0v) is 10.1. The van der Waals surface area contributed by atoms with Gasteiger partial charge in [-0.15, -0.1) is 0 Å². The van der Waals surface area contributed by atoms with E-state index in [0.29, 0.717) is 16.8 Å².